The maximum atomic E-state index is 13.0. The van der Waals surface area contributed by atoms with E-state index < -0.39 is 59.9 Å². The van der Waals surface area contributed by atoms with Crippen molar-refractivity contribution in [3.8, 4) is 0 Å². The molecule has 1 saturated heterocycles. The van der Waals surface area contributed by atoms with Crippen LogP contribution in [0, 0.1) is 0 Å². The molecule has 1 aliphatic rings. The second-order valence-corrected chi connectivity index (χ2v) is 17.4. The smallest absolute Gasteiger partial charge is 0.394 e. The summed E-state index contributed by atoms with van der Waals surface area (Å²) in [5.41, 5.74) is 0. The van der Waals surface area contributed by atoms with E-state index in [0.717, 1.165) is 38.5 Å². The van der Waals surface area contributed by atoms with Crippen molar-refractivity contribution in [3.05, 3.63) is 12.2 Å². The van der Waals surface area contributed by atoms with Crippen molar-refractivity contribution in [2.45, 2.75) is 249 Å². The molecular formula is C44H85NO11S. The van der Waals surface area contributed by atoms with Gasteiger partial charge in [0.2, 0.25) is 5.91 Å². The lowest BCUT2D eigenvalue weighted by Crippen LogP contribution is -2.61. The molecule has 1 aliphatic heterocycles. The Morgan fingerprint density at radius 1 is 0.684 bits per heavy atom. The Balaban J connectivity index is 2.51. The van der Waals surface area contributed by atoms with E-state index >= 15 is 0 Å². The number of carbonyl (C=O) groups is 1. The van der Waals surface area contributed by atoms with Crippen LogP contribution in [0.25, 0.3) is 0 Å². The number of carbonyl (C=O) groups excluding carboxylic acids is 1. The van der Waals surface area contributed by atoms with Crippen molar-refractivity contribution >= 4 is 16.3 Å². The largest absolute Gasteiger partial charge is 0.397 e. The topological polar surface area (TPSA) is 192 Å². The minimum Gasteiger partial charge on any atom is -0.394 e. The first-order valence-electron chi connectivity index (χ1n) is 23.1. The van der Waals surface area contributed by atoms with Gasteiger partial charge in [0, 0.05) is 6.42 Å². The quantitative estimate of drug-likeness (QED) is 0.0197. The number of ether oxygens (including phenoxy) is 2. The predicted molar refractivity (Wildman–Crippen MR) is 227 cm³/mol. The molecule has 6 N–H and O–H groups in total. The SMILES string of the molecule is CCCCCCCCCCCCC/C=C/[C@@H](O)[C@H](COC1O[C@H](CO)[C@H](O)[C@H](OS(=O)(=O)O)[C@H]1O)NC(=O)CCCCCCCCCCCCCCCCCCC. The fraction of sp³-hybridized carbons (Fsp3) is 0.932. The van der Waals surface area contributed by atoms with E-state index in [2.05, 4.69) is 23.3 Å². The van der Waals surface area contributed by atoms with Gasteiger partial charge >= 0.3 is 10.4 Å². The molecule has 0 aliphatic carbocycles. The van der Waals surface area contributed by atoms with Crippen molar-refractivity contribution in [3.63, 3.8) is 0 Å². The molecule has 0 bridgehead atoms. The Hall–Kier alpha value is -1.16. The Kier molecular flexibility index (Phi) is 33.6. The summed E-state index contributed by atoms with van der Waals surface area (Å²) >= 11 is 0. The highest BCUT2D eigenvalue weighted by Gasteiger charge is 2.48. The number of rotatable bonds is 39. The molecule has 13 heteroatoms. The number of aliphatic hydroxyl groups is 4. The maximum Gasteiger partial charge on any atom is 0.397 e. The van der Waals surface area contributed by atoms with Crippen molar-refractivity contribution in [1.82, 2.24) is 5.32 Å². The number of allylic oxidation sites excluding steroid dienone is 1. The first-order valence-corrected chi connectivity index (χ1v) is 24.4. The first kappa shape index (κ1) is 53.9. The highest BCUT2D eigenvalue weighted by molar-refractivity contribution is 7.80. The summed E-state index contributed by atoms with van der Waals surface area (Å²) in [4.78, 5) is 13.0. The molecule has 57 heavy (non-hydrogen) atoms. The standard InChI is InChI=1S/C44H85NO11S/c1-3-5-7-9-11-13-15-17-18-19-20-22-24-26-28-30-32-34-40(48)45-37(38(47)33-31-29-27-25-23-21-16-14-12-10-8-6-4-2)36-54-44-42(50)43(56-57(51,52)53)41(49)39(35-46)55-44/h31,33,37-39,41-44,46-47,49-50H,3-30,32,34-36H2,1-2H3,(H,45,48)(H,51,52,53)/b33-31+/t37-,38+,39+,41-,42+,43-,44?/m0/s1. The molecule has 1 unspecified atom stereocenters. The van der Waals surface area contributed by atoms with Crippen LogP contribution >= 0.6 is 0 Å². The molecule has 7 atom stereocenters. The molecule has 0 aromatic heterocycles. The summed E-state index contributed by atoms with van der Waals surface area (Å²) < 4.78 is 47.5. The highest BCUT2D eigenvalue weighted by atomic mass is 32.3. The number of unbranched alkanes of at least 4 members (excludes halogenated alkanes) is 27. The van der Waals surface area contributed by atoms with E-state index in [-0.39, 0.29) is 18.9 Å². The van der Waals surface area contributed by atoms with Crippen LogP contribution < -0.4 is 5.32 Å². The second kappa shape index (κ2) is 35.6. The predicted octanol–water partition coefficient (Wildman–Crippen LogP) is 8.77. The van der Waals surface area contributed by atoms with E-state index in [1.165, 1.54) is 141 Å². The molecule has 0 radical (unpaired) electrons. The van der Waals surface area contributed by atoms with Crippen molar-refractivity contribution in [2.24, 2.45) is 0 Å². The molecule has 1 rings (SSSR count). The lowest BCUT2D eigenvalue weighted by Gasteiger charge is -2.41. The third-order valence-electron chi connectivity index (χ3n) is 11.1. The van der Waals surface area contributed by atoms with Crippen LogP contribution in [0.5, 0.6) is 0 Å². The lowest BCUT2D eigenvalue weighted by molar-refractivity contribution is -0.298. The number of nitrogens with one attached hydrogen (secondary N) is 1. The van der Waals surface area contributed by atoms with Crippen molar-refractivity contribution in [2.75, 3.05) is 13.2 Å². The molecule has 0 aromatic rings. The summed E-state index contributed by atoms with van der Waals surface area (Å²) in [7, 11) is -5.08. The highest BCUT2D eigenvalue weighted by Crippen LogP contribution is 2.26. The van der Waals surface area contributed by atoms with Gasteiger partial charge in [-0.3, -0.25) is 9.35 Å². The van der Waals surface area contributed by atoms with Crippen LogP contribution in [-0.2, 0) is 28.9 Å². The summed E-state index contributed by atoms with van der Waals surface area (Å²) in [6, 6.07) is -0.937. The van der Waals surface area contributed by atoms with Crippen molar-refractivity contribution in [1.29, 1.82) is 0 Å². The third-order valence-corrected chi connectivity index (χ3v) is 11.5. The van der Waals surface area contributed by atoms with E-state index in [4.69, 9.17) is 14.0 Å². The third kappa shape index (κ3) is 28.9. The average molecular weight is 836 g/mol. The number of amides is 1. The molecule has 0 saturated carbocycles. The van der Waals surface area contributed by atoms with Gasteiger partial charge in [-0.1, -0.05) is 193 Å². The van der Waals surface area contributed by atoms with Gasteiger partial charge in [-0.2, -0.15) is 8.42 Å². The van der Waals surface area contributed by atoms with Crippen LogP contribution in [0.15, 0.2) is 12.2 Å². The Morgan fingerprint density at radius 2 is 1.11 bits per heavy atom. The number of hydrogen-bond donors (Lipinski definition) is 6. The van der Waals surface area contributed by atoms with E-state index in [0.29, 0.717) is 6.42 Å². The van der Waals surface area contributed by atoms with Gasteiger partial charge < -0.3 is 35.2 Å². The zero-order valence-corrected chi connectivity index (χ0v) is 36.7. The van der Waals surface area contributed by atoms with Crippen LogP contribution in [-0.4, -0.2) is 95.4 Å². The summed E-state index contributed by atoms with van der Waals surface area (Å²) in [6.45, 7) is 3.38. The zero-order valence-electron chi connectivity index (χ0n) is 35.9. The van der Waals surface area contributed by atoms with Crippen LogP contribution in [0.4, 0.5) is 0 Å². The van der Waals surface area contributed by atoms with Crippen molar-refractivity contribution < 1.29 is 51.8 Å². The van der Waals surface area contributed by atoms with Gasteiger partial charge in [-0.15, -0.1) is 0 Å². The van der Waals surface area contributed by atoms with Gasteiger partial charge in [0.05, 0.1) is 25.4 Å². The molecule has 12 nitrogen and oxygen atoms in total. The lowest BCUT2D eigenvalue weighted by atomic mass is 9.99. The fourth-order valence-corrected chi connectivity index (χ4v) is 7.96. The summed E-state index contributed by atoms with van der Waals surface area (Å²) in [5, 5.41) is 44.6. The maximum absolute atomic E-state index is 13.0. The molecule has 338 valence electrons. The van der Waals surface area contributed by atoms with Gasteiger partial charge in [-0.05, 0) is 19.3 Å². The van der Waals surface area contributed by atoms with E-state index in [1.54, 1.807) is 6.08 Å². The minimum absolute atomic E-state index is 0.260. The molecule has 0 aromatic carbocycles. The molecule has 1 fully saturated rings. The first-order chi connectivity index (χ1) is 27.5. The minimum atomic E-state index is -5.08. The van der Waals surface area contributed by atoms with Crippen LogP contribution in [0.3, 0.4) is 0 Å². The number of aliphatic hydroxyl groups excluding tert-OH is 4. The van der Waals surface area contributed by atoms with Gasteiger partial charge in [0.1, 0.15) is 24.4 Å². The summed E-state index contributed by atoms with van der Waals surface area (Å²) in [6.07, 6.45) is 29.6. The van der Waals surface area contributed by atoms with Gasteiger partial charge in [-0.25, -0.2) is 4.18 Å². The Bertz CT molecular complexity index is 1080. The molecular weight excluding hydrogens is 751 g/mol. The second-order valence-electron chi connectivity index (χ2n) is 16.4. The van der Waals surface area contributed by atoms with E-state index in [9.17, 15) is 33.6 Å². The van der Waals surface area contributed by atoms with Crippen LogP contribution in [0.1, 0.15) is 206 Å². The average Bonchev–Trinajstić information content (AvgIpc) is 3.18. The Labute approximate surface area is 347 Å². The van der Waals surface area contributed by atoms with Gasteiger partial charge in [0.15, 0.2) is 6.29 Å². The zero-order chi connectivity index (χ0) is 42.0. The van der Waals surface area contributed by atoms with Crippen LogP contribution in [0.2, 0.25) is 0 Å². The normalized spacial score (nSPS) is 21.3. The monoisotopic (exact) mass is 836 g/mol. The molecule has 0 spiro atoms. The molecule has 1 heterocycles. The number of hydrogen-bond acceptors (Lipinski definition) is 10. The van der Waals surface area contributed by atoms with E-state index in [1.807, 2.05) is 6.08 Å². The molecule has 1 amide bonds. The summed E-state index contributed by atoms with van der Waals surface area (Å²) in [5.74, 6) is -0.260. The Morgan fingerprint density at radius 3 is 1.53 bits per heavy atom. The fourth-order valence-electron chi connectivity index (χ4n) is 7.45. The van der Waals surface area contributed by atoms with Gasteiger partial charge in [0.25, 0.3) is 0 Å².